The molecule has 0 bridgehead atoms. The lowest BCUT2D eigenvalue weighted by atomic mass is 9.98. The van der Waals surface area contributed by atoms with Crippen LogP contribution in [0, 0.1) is 5.92 Å². The summed E-state index contributed by atoms with van der Waals surface area (Å²) in [5.74, 6) is 0.542. The van der Waals surface area contributed by atoms with Crippen molar-refractivity contribution in [2.45, 2.75) is 25.9 Å². The highest BCUT2D eigenvalue weighted by Gasteiger charge is 2.20. The maximum Gasteiger partial charge on any atom is 0.337 e. The van der Waals surface area contributed by atoms with Gasteiger partial charge in [0.2, 0.25) is 0 Å². The van der Waals surface area contributed by atoms with E-state index in [9.17, 15) is 9.90 Å². The van der Waals surface area contributed by atoms with E-state index in [0.29, 0.717) is 12.1 Å². The zero-order valence-electron chi connectivity index (χ0n) is 13.7. The van der Waals surface area contributed by atoms with E-state index < -0.39 is 6.10 Å². The first-order chi connectivity index (χ1) is 11.0. The second-order valence-corrected chi connectivity index (χ2v) is 6.39. The molecular weight excluding hydrogens is 316 g/mol. The Hall–Kier alpha value is -1.46. The third-order valence-electron chi connectivity index (χ3n) is 4.25. The van der Waals surface area contributed by atoms with Crippen LogP contribution in [0.1, 0.15) is 30.1 Å². The molecule has 1 saturated heterocycles. The number of hydrogen-bond acceptors (Lipinski definition) is 5. The summed E-state index contributed by atoms with van der Waals surface area (Å²) in [6.07, 6.45) is 1.68. The van der Waals surface area contributed by atoms with Gasteiger partial charge in [0, 0.05) is 19.6 Å². The van der Waals surface area contributed by atoms with Gasteiger partial charge < -0.3 is 20.1 Å². The van der Waals surface area contributed by atoms with Crippen LogP contribution in [0.2, 0.25) is 0 Å². The number of carbonyl (C=O) groups excluding carboxylic acids is 1. The van der Waals surface area contributed by atoms with E-state index in [2.05, 4.69) is 17.1 Å². The highest BCUT2D eigenvalue weighted by Crippen LogP contribution is 2.31. The Morgan fingerprint density at radius 1 is 1.48 bits per heavy atom. The molecular formula is C17H25ClN2O3. The molecule has 1 aliphatic rings. The topological polar surface area (TPSA) is 61.8 Å². The lowest BCUT2D eigenvalue weighted by molar-refractivity contribution is 0.0601. The Morgan fingerprint density at radius 3 is 2.78 bits per heavy atom. The average Bonchev–Trinajstić information content (AvgIpc) is 2.59. The van der Waals surface area contributed by atoms with Gasteiger partial charge in [-0.05, 0) is 37.0 Å². The van der Waals surface area contributed by atoms with E-state index >= 15 is 0 Å². The number of aliphatic hydroxyl groups is 1. The fourth-order valence-electron chi connectivity index (χ4n) is 2.73. The van der Waals surface area contributed by atoms with Gasteiger partial charge in [-0.15, -0.1) is 11.6 Å². The molecule has 5 nitrogen and oxygen atoms in total. The second-order valence-electron chi connectivity index (χ2n) is 6.08. The number of piperidine rings is 1. The van der Waals surface area contributed by atoms with Crippen molar-refractivity contribution >= 4 is 28.9 Å². The average molecular weight is 341 g/mol. The van der Waals surface area contributed by atoms with Gasteiger partial charge in [-0.1, -0.05) is 6.92 Å². The molecule has 0 aromatic heterocycles. The SMILES string of the molecule is COC(=O)c1ccc(N2CCC(C)CC2)c(NCC(O)CCl)c1. The molecule has 0 saturated carbocycles. The maximum atomic E-state index is 11.8. The summed E-state index contributed by atoms with van der Waals surface area (Å²) in [7, 11) is 1.37. The third kappa shape index (κ3) is 4.75. The zero-order valence-corrected chi connectivity index (χ0v) is 14.5. The van der Waals surface area contributed by atoms with Gasteiger partial charge in [0.15, 0.2) is 0 Å². The molecule has 6 heteroatoms. The molecule has 1 unspecified atom stereocenters. The number of benzene rings is 1. The van der Waals surface area contributed by atoms with Gasteiger partial charge in [0.1, 0.15) is 0 Å². The Morgan fingerprint density at radius 2 is 2.17 bits per heavy atom. The van der Waals surface area contributed by atoms with Crippen LogP contribution in [-0.4, -0.2) is 49.8 Å². The molecule has 128 valence electrons. The molecule has 0 spiro atoms. The van der Waals surface area contributed by atoms with Gasteiger partial charge in [-0.25, -0.2) is 4.79 Å². The predicted octanol–water partition coefficient (Wildman–Crippen LogP) is 2.72. The normalized spacial score (nSPS) is 17.0. The fraction of sp³-hybridized carbons (Fsp3) is 0.588. The number of aliphatic hydroxyl groups excluding tert-OH is 1. The van der Waals surface area contributed by atoms with E-state index in [1.54, 1.807) is 12.1 Å². The van der Waals surface area contributed by atoms with Gasteiger partial charge in [0.05, 0.1) is 36.0 Å². The van der Waals surface area contributed by atoms with Crippen molar-refractivity contribution in [3.8, 4) is 0 Å². The first kappa shape index (κ1) is 17.9. The summed E-state index contributed by atoms with van der Waals surface area (Å²) in [6.45, 7) is 4.59. The molecule has 2 rings (SSSR count). The number of nitrogens with zero attached hydrogens (tertiary/aromatic N) is 1. The Balaban J connectivity index is 2.22. The van der Waals surface area contributed by atoms with Crippen LogP contribution in [0.15, 0.2) is 18.2 Å². The van der Waals surface area contributed by atoms with Crippen LogP contribution in [0.25, 0.3) is 0 Å². The molecule has 0 radical (unpaired) electrons. The number of anilines is 2. The van der Waals surface area contributed by atoms with Crippen molar-refractivity contribution in [3.05, 3.63) is 23.8 Å². The predicted molar refractivity (Wildman–Crippen MR) is 93.6 cm³/mol. The highest BCUT2D eigenvalue weighted by atomic mass is 35.5. The molecule has 1 fully saturated rings. The standard InChI is InChI=1S/C17H25ClN2O3/c1-12-5-7-20(8-6-12)16-4-3-13(17(22)23-2)9-15(16)19-11-14(21)10-18/h3-4,9,12,14,19,21H,5-8,10-11H2,1-2H3. The Kier molecular flexibility index (Phi) is 6.54. The first-order valence-electron chi connectivity index (χ1n) is 8.00. The number of alkyl halides is 1. The van der Waals surface area contributed by atoms with Crippen molar-refractivity contribution in [2.24, 2.45) is 5.92 Å². The lowest BCUT2D eigenvalue weighted by Gasteiger charge is -2.33. The molecule has 2 N–H and O–H groups in total. The Labute approximate surface area is 142 Å². The van der Waals surface area contributed by atoms with Gasteiger partial charge >= 0.3 is 5.97 Å². The summed E-state index contributed by atoms with van der Waals surface area (Å²) >= 11 is 5.65. The van der Waals surface area contributed by atoms with Crippen LogP contribution in [0.4, 0.5) is 11.4 Å². The Bertz CT molecular complexity index is 531. The summed E-state index contributed by atoms with van der Waals surface area (Å²) in [4.78, 5) is 14.1. The smallest absolute Gasteiger partial charge is 0.337 e. The highest BCUT2D eigenvalue weighted by molar-refractivity contribution is 6.18. The number of ether oxygens (including phenoxy) is 1. The number of hydrogen-bond donors (Lipinski definition) is 2. The summed E-state index contributed by atoms with van der Waals surface area (Å²) in [5, 5.41) is 12.9. The number of nitrogens with one attached hydrogen (secondary N) is 1. The zero-order chi connectivity index (χ0) is 16.8. The van der Waals surface area contributed by atoms with Crippen LogP contribution >= 0.6 is 11.6 Å². The molecule has 0 aliphatic carbocycles. The molecule has 1 aromatic rings. The van der Waals surface area contributed by atoms with Gasteiger partial charge in [0.25, 0.3) is 0 Å². The van der Waals surface area contributed by atoms with Crippen molar-refractivity contribution in [2.75, 3.05) is 42.8 Å². The molecule has 1 aliphatic heterocycles. The van der Waals surface area contributed by atoms with Crippen molar-refractivity contribution in [1.29, 1.82) is 0 Å². The largest absolute Gasteiger partial charge is 0.465 e. The molecule has 1 aromatic carbocycles. The molecule has 23 heavy (non-hydrogen) atoms. The van der Waals surface area contributed by atoms with Crippen LogP contribution in [0.5, 0.6) is 0 Å². The maximum absolute atomic E-state index is 11.8. The van der Waals surface area contributed by atoms with Gasteiger partial charge in [-0.2, -0.15) is 0 Å². The van der Waals surface area contributed by atoms with E-state index in [0.717, 1.165) is 43.2 Å². The van der Waals surface area contributed by atoms with Crippen LogP contribution in [-0.2, 0) is 4.74 Å². The molecule has 0 amide bonds. The number of esters is 1. The number of halogens is 1. The number of carbonyl (C=O) groups is 1. The summed E-state index contributed by atoms with van der Waals surface area (Å²) < 4.78 is 4.79. The van der Waals surface area contributed by atoms with Crippen molar-refractivity contribution < 1.29 is 14.6 Å². The number of rotatable bonds is 6. The first-order valence-corrected chi connectivity index (χ1v) is 8.53. The van der Waals surface area contributed by atoms with E-state index in [4.69, 9.17) is 16.3 Å². The summed E-state index contributed by atoms with van der Waals surface area (Å²) in [6, 6.07) is 5.50. The molecule has 1 heterocycles. The van der Waals surface area contributed by atoms with Crippen LogP contribution in [0.3, 0.4) is 0 Å². The van der Waals surface area contributed by atoms with E-state index in [-0.39, 0.29) is 11.8 Å². The lowest BCUT2D eigenvalue weighted by Crippen LogP contribution is -2.33. The van der Waals surface area contributed by atoms with Crippen molar-refractivity contribution in [3.63, 3.8) is 0 Å². The monoisotopic (exact) mass is 340 g/mol. The molecule has 1 atom stereocenters. The van der Waals surface area contributed by atoms with E-state index in [1.807, 2.05) is 6.07 Å². The minimum Gasteiger partial charge on any atom is -0.465 e. The minimum absolute atomic E-state index is 0.167. The minimum atomic E-state index is -0.632. The third-order valence-corrected chi connectivity index (χ3v) is 4.60. The number of methoxy groups -OCH3 is 1. The fourth-order valence-corrected chi connectivity index (χ4v) is 2.84. The van der Waals surface area contributed by atoms with Crippen molar-refractivity contribution in [1.82, 2.24) is 0 Å². The quantitative estimate of drug-likeness (QED) is 0.616. The van der Waals surface area contributed by atoms with Crippen LogP contribution < -0.4 is 10.2 Å². The van der Waals surface area contributed by atoms with Gasteiger partial charge in [-0.3, -0.25) is 0 Å². The summed E-state index contributed by atoms with van der Waals surface area (Å²) in [5.41, 5.74) is 2.36. The van der Waals surface area contributed by atoms with E-state index in [1.165, 1.54) is 7.11 Å². The second kappa shape index (κ2) is 8.41.